The van der Waals surface area contributed by atoms with E-state index in [2.05, 4.69) is 36.4 Å². The second kappa shape index (κ2) is 10.3. The highest BCUT2D eigenvalue weighted by atomic mass is 79.9. The summed E-state index contributed by atoms with van der Waals surface area (Å²) in [5, 5.41) is 7.62. The smallest absolute Gasteiger partial charge is 0.308 e. The molecule has 1 aromatic carbocycles. The van der Waals surface area contributed by atoms with Crippen molar-refractivity contribution < 1.29 is 18.8 Å². The average Bonchev–Trinajstić information content (AvgIpc) is 3.46. The Morgan fingerprint density at radius 3 is 2.73 bits per heavy atom. The van der Waals surface area contributed by atoms with Crippen LogP contribution in [0.15, 0.2) is 45.5 Å². The molecule has 1 N–H and O–H groups in total. The third-order valence-corrected chi connectivity index (χ3v) is 5.96. The average molecular weight is 515 g/mol. The maximum atomic E-state index is 11.9. The Balaban J connectivity index is 1.39. The molecular weight excluding hydrogens is 488 g/mol. The van der Waals surface area contributed by atoms with E-state index in [4.69, 9.17) is 14.0 Å². The van der Waals surface area contributed by atoms with Crippen molar-refractivity contribution in [2.24, 2.45) is 5.92 Å². The van der Waals surface area contributed by atoms with Crippen molar-refractivity contribution >= 4 is 27.6 Å². The van der Waals surface area contributed by atoms with Gasteiger partial charge in [0.25, 0.3) is 5.89 Å². The Morgan fingerprint density at radius 1 is 1.24 bits per heavy atom. The van der Waals surface area contributed by atoms with E-state index in [1.807, 2.05) is 51.1 Å². The summed E-state index contributed by atoms with van der Waals surface area (Å²) in [5.41, 5.74) is 2.54. The number of halogens is 1. The number of nitrogens with zero attached hydrogens (tertiary/aromatic N) is 3. The summed E-state index contributed by atoms with van der Waals surface area (Å²) < 4.78 is 17.0. The van der Waals surface area contributed by atoms with Gasteiger partial charge in [0, 0.05) is 23.5 Å². The van der Waals surface area contributed by atoms with Gasteiger partial charge in [0.1, 0.15) is 0 Å². The van der Waals surface area contributed by atoms with Crippen LogP contribution in [-0.2, 0) is 9.53 Å². The van der Waals surface area contributed by atoms with Gasteiger partial charge in [-0.3, -0.25) is 4.79 Å². The van der Waals surface area contributed by atoms with Crippen molar-refractivity contribution in [2.45, 2.75) is 52.2 Å². The largest absolute Gasteiger partial charge is 0.474 e. The van der Waals surface area contributed by atoms with Crippen LogP contribution in [0, 0.1) is 5.92 Å². The van der Waals surface area contributed by atoms with Crippen molar-refractivity contribution in [3.8, 4) is 28.7 Å². The van der Waals surface area contributed by atoms with Gasteiger partial charge < -0.3 is 19.3 Å². The van der Waals surface area contributed by atoms with Gasteiger partial charge in [-0.2, -0.15) is 4.98 Å². The van der Waals surface area contributed by atoms with Crippen LogP contribution in [0.2, 0.25) is 0 Å². The molecule has 3 aromatic rings. The van der Waals surface area contributed by atoms with Crippen molar-refractivity contribution in [1.82, 2.24) is 15.1 Å². The number of rotatable bonds is 8. The molecule has 4 rings (SSSR count). The molecule has 0 amide bonds. The molecule has 1 aliphatic carbocycles. The van der Waals surface area contributed by atoms with Crippen LogP contribution in [0.3, 0.4) is 0 Å². The lowest BCUT2D eigenvalue weighted by molar-refractivity contribution is -0.147. The summed E-state index contributed by atoms with van der Waals surface area (Å²) in [6.07, 6.45) is 4.27. The minimum atomic E-state index is -0.0885. The number of esters is 1. The van der Waals surface area contributed by atoms with Crippen LogP contribution in [0.5, 0.6) is 5.88 Å². The van der Waals surface area contributed by atoms with E-state index in [-0.39, 0.29) is 24.0 Å². The van der Waals surface area contributed by atoms with Crippen LogP contribution < -0.4 is 10.1 Å². The number of hydrogen-bond acceptors (Lipinski definition) is 8. The van der Waals surface area contributed by atoms with Crippen molar-refractivity contribution in [2.75, 3.05) is 11.9 Å². The summed E-state index contributed by atoms with van der Waals surface area (Å²) in [4.78, 5) is 20.8. The molecule has 8 nitrogen and oxygen atoms in total. The number of anilines is 1. The molecule has 2 heterocycles. The summed E-state index contributed by atoms with van der Waals surface area (Å²) in [5.74, 6) is 1.30. The fraction of sp³-hybridized carbons (Fsp3) is 0.417. The molecular formula is C24H27BrN4O4. The lowest BCUT2D eigenvalue weighted by Gasteiger charge is -2.14. The van der Waals surface area contributed by atoms with Crippen molar-refractivity contribution in [1.29, 1.82) is 0 Å². The van der Waals surface area contributed by atoms with E-state index < -0.39 is 0 Å². The van der Waals surface area contributed by atoms with Crippen LogP contribution >= 0.6 is 15.9 Å². The van der Waals surface area contributed by atoms with Gasteiger partial charge in [0.05, 0.1) is 28.7 Å². The predicted octanol–water partition coefficient (Wildman–Crippen LogP) is 5.49. The first kappa shape index (κ1) is 23.2. The van der Waals surface area contributed by atoms with E-state index in [0.29, 0.717) is 29.8 Å². The van der Waals surface area contributed by atoms with Crippen LogP contribution in [0.25, 0.3) is 22.8 Å². The molecule has 174 valence electrons. The molecule has 1 saturated carbocycles. The van der Waals surface area contributed by atoms with Crippen LogP contribution in [0.4, 0.5) is 5.69 Å². The first-order chi connectivity index (χ1) is 15.9. The van der Waals surface area contributed by atoms with Gasteiger partial charge in [-0.05, 0) is 86.3 Å². The second-order valence-corrected chi connectivity index (χ2v) is 9.14. The Labute approximate surface area is 201 Å². The SMILES string of the molecule is CCOC(=O)[C@@H]1CCC(Nc2ccc(-c3noc(-c4cnc(OC(C)C)c(Br)c4)n3)cc2)C1. The van der Waals surface area contributed by atoms with Gasteiger partial charge in [-0.25, -0.2) is 4.98 Å². The highest BCUT2D eigenvalue weighted by molar-refractivity contribution is 9.10. The molecule has 1 unspecified atom stereocenters. The van der Waals surface area contributed by atoms with Gasteiger partial charge in [-0.1, -0.05) is 5.16 Å². The molecule has 0 saturated heterocycles. The lowest BCUT2D eigenvalue weighted by Crippen LogP contribution is -2.19. The van der Waals surface area contributed by atoms with Crippen molar-refractivity contribution in [3.05, 3.63) is 41.0 Å². The molecule has 1 aliphatic rings. The van der Waals surface area contributed by atoms with Crippen LogP contribution in [-0.4, -0.2) is 39.8 Å². The maximum Gasteiger partial charge on any atom is 0.308 e. The highest BCUT2D eigenvalue weighted by Gasteiger charge is 2.30. The molecule has 2 aromatic heterocycles. The number of aromatic nitrogens is 3. The van der Waals surface area contributed by atoms with Crippen LogP contribution in [0.1, 0.15) is 40.0 Å². The number of carbonyl (C=O) groups is 1. The summed E-state index contributed by atoms with van der Waals surface area (Å²) >= 11 is 3.48. The minimum absolute atomic E-state index is 0.0139. The fourth-order valence-corrected chi connectivity index (χ4v) is 4.29. The van der Waals surface area contributed by atoms with Gasteiger partial charge in [-0.15, -0.1) is 0 Å². The number of ether oxygens (including phenoxy) is 2. The topological polar surface area (TPSA) is 99.4 Å². The molecule has 0 radical (unpaired) electrons. The molecule has 0 bridgehead atoms. The van der Waals surface area contributed by atoms with Gasteiger partial charge in [0.2, 0.25) is 11.7 Å². The lowest BCUT2D eigenvalue weighted by atomic mass is 10.1. The summed E-state index contributed by atoms with van der Waals surface area (Å²) in [6, 6.07) is 9.97. The standard InChI is InChI=1S/C24H27BrN4O4/c1-4-31-24(30)16-7-10-19(11-16)27-18-8-5-15(6-9-18)21-28-22(33-29-21)17-12-20(25)23(26-13-17)32-14(2)3/h5-6,8-9,12-14,16,19,27H,4,7,10-11H2,1-3H3/t16-,19?/m1/s1. The zero-order chi connectivity index (χ0) is 23.4. The Hall–Kier alpha value is -2.94. The monoisotopic (exact) mass is 514 g/mol. The minimum Gasteiger partial charge on any atom is -0.474 e. The number of benzene rings is 1. The van der Waals surface area contributed by atoms with E-state index in [1.165, 1.54) is 0 Å². The maximum absolute atomic E-state index is 11.9. The number of hydrogen-bond donors (Lipinski definition) is 1. The zero-order valence-electron chi connectivity index (χ0n) is 18.9. The molecule has 9 heteroatoms. The number of pyridine rings is 1. The van der Waals surface area contributed by atoms with Crippen molar-refractivity contribution in [3.63, 3.8) is 0 Å². The zero-order valence-corrected chi connectivity index (χ0v) is 20.5. The Morgan fingerprint density at radius 2 is 2.03 bits per heavy atom. The Bertz CT molecular complexity index is 1100. The number of nitrogens with one attached hydrogen (secondary N) is 1. The first-order valence-electron chi connectivity index (χ1n) is 11.1. The molecule has 33 heavy (non-hydrogen) atoms. The molecule has 1 fully saturated rings. The molecule has 0 aliphatic heterocycles. The van der Waals surface area contributed by atoms with Gasteiger partial charge >= 0.3 is 5.97 Å². The van der Waals surface area contributed by atoms with E-state index in [0.717, 1.165) is 35.0 Å². The first-order valence-corrected chi connectivity index (χ1v) is 11.9. The predicted molar refractivity (Wildman–Crippen MR) is 128 cm³/mol. The highest BCUT2D eigenvalue weighted by Crippen LogP contribution is 2.31. The summed E-state index contributed by atoms with van der Waals surface area (Å²) in [7, 11) is 0. The normalized spacial score (nSPS) is 17.8. The van der Waals surface area contributed by atoms with Gasteiger partial charge in [0.15, 0.2) is 0 Å². The summed E-state index contributed by atoms with van der Waals surface area (Å²) in [6.45, 7) is 6.16. The number of carbonyl (C=O) groups excluding carboxylic acids is 1. The Kier molecular flexibility index (Phi) is 7.27. The third-order valence-electron chi connectivity index (χ3n) is 5.39. The van der Waals surface area contributed by atoms with E-state index in [9.17, 15) is 4.79 Å². The second-order valence-electron chi connectivity index (χ2n) is 8.28. The van der Waals surface area contributed by atoms with E-state index >= 15 is 0 Å². The quantitative estimate of drug-likeness (QED) is 0.393. The molecule has 2 atom stereocenters. The fourth-order valence-electron chi connectivity index (χ4n) is 3.85. The third kappa shape index (κ3) is 5.71. The molecule has 0 spiro atoms. The van der Waals surface area contributed by atoms with E-state index in [1.54, 1.807) is 6.20 Å².